The first-order valence-electron chi connectivity index (χ1n) is 7.12. The van der Waals surface area contributed by atoms with Gasteiger partial charge in [-0.25, -0.2) is 0 Å². The van der Waals surface area contributed by atoms with Crippen LogP contribution in [0.3, 0.4) is 0 Å². The zero-order valence-electron chi connectivity index (χ0n) is 13.0. The molecule has 0 aliphatic rings. The molecule has 4 heteroatoms. The first kappa shape index (κ1) is 15.3. The van der Waals surface area contributed by atoms with Gasteiger partial charge in [-0.15, -0.1) is 0 Å². The monoisotopic (exact) mass is 286 g/mol. The molecule has 1 N–H and O–H groups in total. The summed E-state index contributed by atoms with van der Waals surface area (Å²) in [5, 5.41) is 6.91. The van der Waals surface area contributed by atoms with Gasteiger partial charge >= 0.3 is 0 Å². The number of hydrogen-bond acceptors (Lipinski definition) is 3. The third kappa shape index (κ3) is 3.94. The molecule has 1 aromatic heterocycles. The van der Waals surface area contributed by atoms with Crippen molar-refractivity contribution in [3.63, 3.8) is 0 Å². The van der Waals surface area contributed by atoms with Crippen LogP contribution in [0.15, 0.2) is 41.1 Å². The number of amides is 1. The number of aromatic nitrogens is 1. The average Bonchev–Trinajstić information content (AvgIpc) is 2.88. The van der Waals surface area contributed by atoms with Gasteiger partial charge in [0, 0.05) is 6.07 Å². The molecule has 2 aromatic rings. The van der Waals surface area contributed by atoms with Gasteiger partial charge in [-0.05, 0) is 23.5 Å². The summed E-state index contributed by atoms with van der Waals surface area (Å²) in [4.78, 5) is 12.3. The van der Waals surface area contributed by atoms with E-state index in [9.17, 15) is 4.79 Å². The van der Waals surface area contributed by atoms with Crippen LogP contribution in [0.1, 0.15) is 43.6 Å². The fraction of sp³-hybridized carbons (Fsp3) is 0.412. The highest BCUT2D eigenvalue weighted by Crippen LogP contribution is 2.34. The van der Waals surface area contributed by atoms with Crippen molar-refractivity contribution in [2.75, 3.05) is 0 Å². The third-order valence-electron chi connectivity index (χ3n) is 3.50. The van der Waals surface area contributed by atoms with Crippen molar-refractivity contribution in [1.82, 2.24) is 10.5 Å². The first-order chi connectivity index (χ1) is 9.88. The summed E-state index contributed by atoms with van der Waals surface area (Å²) in [6.07, 6.45) is 1.71. The van der Waals surface area contributed by atoms with Gasteiger partial charge in [-0.1, -0.05) is 50.2 Å². The number of rotatable bonds is 4. The molecule has 0 fully saturated rings. The van der Waals surface area contributed by atoms with E-state index < -0.39 is 0 Å². The minimum atomic E-state index is -0.0778. The van der Waals surface area contributed by atoms with Crippen LogP contribution in [0.25, 0.3) is 0 Å². The van der Waals surface area contributed by atoms with E-state index >= 15 is 0 Å². The molecule has 0 aliphatic carbocycles. The SMILES string of the molecule is Cc1ccccc1[C@@H](NC(=O)Cc1ccon1)C(C)(C)C. The normalized spacial score (nSPS) is 13.0. The van der Waals surface area contributed by atoms with Gasteiger partial charge in [0.05, 0.1) is 18.2 Å². The molecule has 1 heterocycles. The van der Waals surface area contributed by atoms with Crippen LogP contribution in [0.2, 0.25) is 0 Å². The van der Waals surface area contributed by atoms with Crippen LogP contribution < -0.4 is 5.32 Å². The van der Waals surface area contributed by atoms with Crippen LogP contribution >= 0.6 is 0 Å². The molecule has 2 rings (SSSR count). The van der Waals surface area contributed by atoms with Crippen LogP contribution in [-0.4, -0.2) is 11.1 Å². The quantitative estimate of drug-likeness (QED) is 0.936. The number of carbonyl (C=O) groups is 1. The van der Waals surface area contributed by atoms with Gasteiger partial charge in [0.15, 0.2) is 0 Å². The Morgan fingerprint density at radius 1 is 1.29 bits per heavy atom. The molecule has 1 aromatic carbocycles. The Bertz CT molecular complexity index is 598. The maximum atomic E-state index is 12.3. The van der Waals surface area contributed by atoms with Crippen molar-refractivity contribution < 1.29 is 9.32 Å². The Kier molecular flexibility index (Phi) is 4.46. The van der Waals surface area contributed by atoms with E-state index in [4.69, 9.17) is 4.52 Å². The second-order valence-corrected chi connectivity index (χ2v) is 6.39. The Hall–Kier alpha value is -2.10. The van der Waals surface area contributed by atoms with Gasteiger partial charge in [0.2, 0.25) is 5.91 Å². The van der Waals surface area contributed by atoms with E-state index in [1.807, 2.05) is 12.1 Å². The summed E-state index contributed by atoms with van der Waals surface area (Å²) < 4.78 is 4.76. The van der Waals surface area contributed by atoms with Crippen molar-refractivity contribution in [3.8, 4) is 0 Å². The van der Waals surface area contributed by atoms with Crippen LogP contribution in [0.4, 0.5) is 0 Å². The summed E-state index contributed by atoms with van der Waals surface area (Å²) in [5.74, 6) is -0.0490. The summed E-state index contributed by atoms with van der Waals surface area (Å²) in [7, 11) is 0. The summed E-state index contributed by atoms with van der Waals surface area (Å²) in [6.45, 7) is 8.44. The molecule has 1 atom stereocenters. The number of aryl methyl sites for hydroxylation is 1. The number of nitrogens with zero attached hydrogens (tertiary/aromatic N) is 1. The molecule has 0 saturated carbocycles. The van der Waals surface area contributed by atoms with Crippen molar-refractivity contribution in [2.24, 2.45) is 5.41 Å². The van der Waals surface area contributed by atoms with Crippen molar-refractivity contribution in [2.45, 2.75) is 40.2 Å². The number of nitrogens with one attached hydrogen (secondary N) is 1. The highest BCUT2D eigenvalue weighted by Gasteiger charge is 2.28. The highest BCUT2D eigenvalue weighted by atomic mass is 16.5. The van der Waals surface area contributed by atoms with Crippen molar-refractivity contribution in [1.29, 1.82) is 0 Å². The molecule has 112 valence electrons. The lowest BCUT2D eigenvalue weighted by Gasteiger charge is -2.33. The van der Waals surface area contributed by atoms with Crippen LogP contribution in [0.5, 0.6) is 0 Å². The van der Waals surface area contributed by atoms with Crippen molar-refractivity contribution >= 4 is 5.91 Å². The molecule has 4 nitrogen and oxygen atoms in total. The minimum Gasteiger partial charge on any atom is -0.364 e. The second-order valence-electron chi connectivity index (χ2n) is 6.39. The molecule has 1 amide bonds. The fourth-order valence-electron chi connectivity index (χ4n) is 2.38. The molecular formula is C17H22N2O2. The van der Waals surface area contributed by atoms with E-state index in [0.717, 1.165) is 5.56 Å². The Balaban J connectivity index is 2.18. The van der Waals surface area contributed by atoms with E-state index in [1.54, 1.807) is 6.07 Å². The number of carbonyl (C=O) groups excluding carboxylic acids is 1. The molecular weight excluding hydrogens is 264 g/mol. The maximum Gasteiger partial charge on any atom is 0.226 e. The first-order valence-corrected chi connectivity index (χ1v) is 7.12. The largest absolute Gasteiger partial charge is 0.364 e. The maximum absolute atomic E-state index is 12.3. The smallest absolute Gasteiger partial charge is 0.226 e. The standard InChI is InChI=1S/C17H22N2O2/c1-12-7-5-6-8-14(12)16(17(2,3)4)18-15(20)11-13-9-10-21-19-13/h5-10,16H,11H2,1-4H3,(H,18,20)/t16-/m1/s1. The molecule has 0 bridgehead atoms. The molecule has 0 aliphatic heterocycles. The Morgan fingerprint density at radius 2 is 2.00 bits per heavy atom. The van der Waals surface area contributed by atoms with Gasteiger partial charge in [0.25, 0.3) is 0 Å². The lowest BCUT2D eigenvalue weighted by molar-refractivity contribution is -0.122. The zero-order chi connectivity index (χ0) is 15.5. The zero-order valence-corrected chi connectivity index (χ0v) is 13.0. The number of benzene rings is 1. The minimum absolute atomic E-state index is 0.0434. The summed E-state index contributed by atoms with van der Waals surface area (Å²) in [5.41, 5.74) is 2.90. The molecule has 0 unspecified atom stereocenters. The molecule has 0 spiro atoms. The van der Waals surface area contributed by atoms with E-state index in [-0.39, 0.29) is 23.8 Å². The fourth-order valence-corrected chi connectivity index (χ4v) is 2.38. The van der Waals surface area contributed by atoms with E-state index in [0.29, 0.717) is 5.69 Å². The molecule has 0 radical (unpaired) electrons. The average molecular weight is 286 g/mol. The summed E-state index contributed by atoms with van der Waals surface area (Å²) in [6, 6.07) is 9.82. The third-order valence-corrected chi connectivity index (χ3v) is 3.50. The Labute approximate surface area is 125 Å². The summed E-state index contributed by atoms with van der Waals surface area (Å²) >= 11 is 0. The molecule has 0 saturated heterocycles. The lowest BCUT2D eigenvalue weighted by Crippen LogP contribution is -2.37. The van der Waals surface area contributed by atoms with Gasteiger partial charge < -0.3 is 9.84 Å². The van der Waals surface area contributed by atoms with Crippen LogP contribution in [0, 0.1) is 12.3 Å². The van der Waals surface area contributed by atoms with Gasteiger partial charge in [-0.2, -0.15) is 0 Å². The van der Waals surface area contributed by atoms with Crippen LogP contribution in [-0.2, 0) is 11.2 Å². The van der Waals surface area contributed by atoms with Gasteiger partial charge in [-0.3, -0.25) is 4.79 Å². The highest BCUT2D eigenvalue weighted by molar-refractivity contribution is 5.78. The van der Waals surface area contributed by atoms with Crippen molar-refractivity contribution in [3.05, 3.63) is 53.4 Å². The second kappa shape index (κ2) is 6.12. The Morgan fingerprint density at radius 3 is 2.57 bits per heavy atom. The van der Waals surface area contributed by atoms with E-state index in [1.165, 1.54) is 11.8 Å². The molecule has 21 heavy (non-hydrogen) atoms. The van der Waals surface area contributed by atoms with E-state index in [2.05, 4.69) is 50.3 Å². The number of hydrogen-bond donors (Lipinski definition) is 1. The predicted molar refractivity (Wildman–Crippen MR) is 81.7 cm³/mol. The van der Waals surface area contributed by atoms with Gasteiger partial charge in [0.1, 0.15) is 6.26 Å². The lowest BCUT2D eigenvalue weighted by atomic mass is 9.80. The predicted octanol–water partition coefficient (Wildman–Crippen LogP) is 3.43. The topological polar surface area (TPSA) is 55.1 Å².